The molecule has 0 bridgehead atoms. The van der Waals surface area contributed by atoms with Gasteiger partial charge >= 0.3 is 0 Å². The van der Waals surface area contributed by atoms with E-state index in [1.54, 1.807) is 60.7 Å². The van der Waals surface area contributed by atoms with Gasteiger partial charge in [-0.05, 0) is 54.7 Å². The lowest BCUT2D eigenvalue weighted by Crippen LogP contribution is -2.42. The monoisotopic (exact) mass is 490 g/mol. The van der Waals surface area contributed by atoms with E-state index >= 15 is 0 Å². The van der Waals surface area contributed by atoms with Crippen molar-refractivity contribution in [1.82, 2.24) is 4.90 Å². The van der Waals surface area contributed by atoms with Crippen molar-refractivity contribution >= 4 is 28.3 Å². The van der Waals surface area contributed by atoms with E-state index < -0.39 is 16.6 Å². The van der Waals surface area contributed by atoms with E-state index in [0.29, 0.717) is 57.1 Å². The summed E-state index contributed by atoms with van der Waals surface area (Å²) in [5, 5.41) is 0. The highest BCUT2D eigenvalue weighted by atomic mass is 32.2. The summed E-state index contributed by atoms with van der Waals surface area (Å²) in [4.78, 5) is 31.3. The molecule has 2 aliphatic rings. The molecular weight excluding hydrogens is 463 g/mol. The zero-order valence-electron chi connectivity index (χ0n) is 19.7. The van der Waals surface area contributed by atoms with Crippen molar-refractivity contribution in [3.05, 3.63) is 89.2 Å². The first-order chi connectivity index (χ1) is 16.8. The third-order valence-corrected chi connectivity index (χ3v) is 8.20. The Balaban J connectivity index is 1.61. The molecule has 3 atom stereocenters. The van der Waals surface area contributed by atoms with Crippen molar-refractivity contribution in [1.29, 1.82) is 0 Å². The molecule has 0 N–H and O–H groups in total. The van der Waals surface area contributed by atoms with Crippen LogP contribution in [0.5, 0.6) is 0 Å². The van der Waals surface area contributed by atoms with Crippen molar-refractivity contribution in [2.45, 2.75) is 36.6 Å². The second kappa shape index (κ2) is 9.38. The van der Waals surface area contributed by atoms with Gasteiger partial charge in [0.2, 0.25) is 0 Å². The number of hydrogen-bond donors (Lipinski definition) is 0. The van der Waals surface area contributed by atoms with Crippen LogP contribution in [0.15, 0.2) is 76.5 Å². The molecule has 3 aromatic carbocycles. The lowest BCUT2D eigenvalue weighted by atomic mass is 9.91. The van der Waals surface area contributed by atoms with Crippen molar-refractivity contribution in [3.8, 4) is 0 Å². The van der Waals surface area contributed by atoms with Gasteiger partial charge in [0.25, 0.3) is 11.8 Å². The molecule has 2 heterocycles. The lowest BCUT2D eigenvalue weighted by molar-refractivity contribution is 0.0623. The minimum atomic E-state index is -1.63. The molecule has 0 aromatic heterocycles. The fourth-order valence-corrected chi connectivity index (χ4v) is 6.51. The van der Waals surface area contributed by atoms with E-state index in [1.807, 2.05) is 4.90 Å². The predicted octanol–water partition coefficient (Wildman–Crippen LogP) is 5.27. The van der Waals surface area contributed by atoms with Gasteiger partial charge in [-0.2, -0.15) is 0 Å². The maximum atomic E-state index is 14.6. The molecule has 0 spiro atoms. The van der Waals surface area contributed by atoms with E-state index in [4.69, 9.17) is 0 Å². The van der Waals surface area contributed by atoms with Gasteiger partial charge in [-0.25, -0.2) is 8.60 Å². The van der Waals surface area contributed by atoms with Crippen molar-refractivity contribution in [2.24, 2.45) is 11.8 Å². The van der Waals surface area contributed by atoms with Gasteiger partial charge in [0, 0.05) is 24.2 Å². The number of anilines is 1. The number of halogens is 1. The fraction of sp³-hybridized carbons (Fsp3) is 0.286. The number of benzene rings is 3. The summed E-state index contributed by atoms with van der Waals surface area (Å²) in [7, 11) is -1.63. The van der Waals surface area contributed by atoms with Crippen molar-refractivity contribution in [3.63, 3.8) is 0 Å². The van der Waals surface area contributed by atoms with Crippen molar-refractivity contribution < 1.29 is 18.2 Å². The van der Waals surface area contributed by atoms with Crippen LogP contribution in [0.4, 0.5) is 10.1 Å². The lowest BCUT2D eigenvalue weighted by Gasteiger charge is -2.35. The summed E-state index contributed by atoms with van der Waals surface area (Å²) < 4.78 is 28.2. The SMILES string of the molecule is C[C@@H]1C[C@@H](C)CN(C(=O)c2ccc3c(c2)N(Cc2ccccc2F)C(=O)c2ccccc2[S@@]3=O)C1. The number of amides is 2. The molecule has 5 nitrogen and oxygen atoms in total. The summed E-state index contributed by atoms with van der Waals surface area (Å²) in [5.41, 5.74) is 1.45. The number of fused-ring (bicyclic) bond motifs is 2. The molecule has 1 fully saturated rings. The molecule has 3 aromatic rings. The Morgan fingerprint density at radius 2 is 1.66 bits per heavy atom. The Bertz CT molecular complexity index is 1330. The number of piperidine rings is 1. The van der Waals surface area contributed by atoms with Crippen LogP contribution in [0.2, 0.25) is 0 Å². The maximum absolute atomic E-state index is 14.6. The van der Waals surface area contributed by atoms with Crippen LogP contribution in [0.3, 0.4) is 0 Å². The number of nitrogens with zero attached hydrogens (tertiary/aromatic N) is 2. The highest BCUT2D eigenvalue weighted by molar-refractivity contribution is 7.85. The van der Waals surface area contributed by atoms with Gasteiger partial charge in [-0.1, -0.05) is 44.2 Å². The third-order valence-electron chi connectivity index (χ3n) is 6.70. The minimum Gasteiger partial charge on any atom is -0.338 e. The van der Waals surface area contributed by atoms with Crippen LogP contribution < -0.4 is 4.90 Å². The van der Waals surface area contributed by atoms with Gasteiger partial charge in [-0.15, -0.1) is 0 Å². The van der Waals surface area contributed by atoms with Crippen LogP contribution in [-0.4, -0.2) is 34.0 Å². The van der Waals surface area contributed by atoms with Gasteiger partial charge in [0.05, 0.1) is 38.4 Å². The molecule has 2 amide bonds. The second-order valence-corrected chi connectivity index (χ2v) is 11.0. The summed E-state index contributed by atoms with van der Waals surface area (Å²) >= 11 is 0. The third kappa shape index (κ3) is 4.41. The smallest absolute Gasteiger partial charge is 0.259 e. The molecule has 0 unspecified atom stereocenters. The van der Waals surface area contributed by atoms with E-state index in [9.17, 15) is 18.2 Å². The van der Waals surface area contributed by atoms with E-state index in [-0.39, 0.29) is 18.4 Å². The Morgan fingerprint density at radius 1 is 0.971 bits per heavy atom. The Labute approximate surface area is 207 Å². The molecule has 0 aliphatic carbocycles. The summed E-state index contributed by atoms with van der Waals surface area (Å²) in [5.74, 6) is -0.101. The average molecular weight is 491 g/mol. The summed E-state index contributed by atoms with van der Waals surface area (Å²) in [6.45, 7) is 5.59. The zero-order chi connectivity index (χ0) is 24.7. The van der Waals surface area contributed by atoms with Gasteiger partial charge in [-0.3, -0.25) is 9.59 Å². The van der Waals surface area contributed by atoms with E-state index in [2.05, 4.69) is 13.8 Å². The Hall–Kier alpha value is -3.32. The Morgan fingerprint density at radius 3 is 2.40 bits per heavy atom. The molecule has 5 rings (SSSR count). The first-order valence-corrected chi connectivity index (χ1v) is 13.0. The molecule has 1 saturated heterocycles. The van der Waals surface area contributed by atoms with Crippen LogP contribution >= 0.6 is 0 Å². The zero-order valence-corrected chi connectivity index (χ0v) is 20.6. The first kappa shape index (κ1) is 23.4. The summed E-state index contributed by atoms with van der Waals surface area (Å²) in [6.07, 6.45) is 1.08. The van der Waals surface area contributed by atoms with Crippen LogP contribution in [0.1, 0.15) is 46.5 Å². The quantitative estimate of drug-likeness (QED) is 0.503. The first-order valence-electron chi connectivity index (χ1n) is 11.8. The Kier molecular flexibility index (Phi) is 6.28. The highest BCUT2D eigenvalue weighted by Crippen LogP contribution is 2.36. The number of carbonyl (C=O) groups excluding carboxylic acids is 2. The molecule has 0 saturated carbocycles. The van der Waals surface area contributed by atoms with Gasteiger partial charge in [0.1, 0.15) is 5.82 Å². The number of hydrogen-bond acceptors (Lipinski definition) is 3. The topological polar surface area (TPSA) is 57.7 Å². The fourth-order valence-electron chi connectivity index (χ4n) is 5.16. The normalized spacial score (nSPS) is 21.8. The number of likely N-dealkylation sites (tertiary alicyclic amines) is 1. The summed E-state index contributed by atoms with van der Waals surface area (Å²) in [6, 6.07) is 18.1. The molecule has 7 heteroatoms. The standard InChI is InChI=1S/C28H27FN2O3S/c1-18-13-19(2)16-30(15-18)27(32)20-11-12-26-24(14-20)31(17-21-7-3-5-9-23(21)29)28(33)22-8-4-6-10-25(22)35(26)34/h3-12,14,18-19H,13,15-17H2,1-2H3/t18-,19-,35+/m1/s1. The molecule has 2 aliphatic heterocycles. The molecule has 180 valence electrons. The predicted molar refractivity (Wildman–Crippen MR) is 133 cm³/mol. The maximum Gasteiger partial charge on any atom is 0.259 e. The molecule has 0 radical (unpaired) electrons. The number of rotatable bonds is 3. The van der Waals surface area contributed by atoms with Crippen LogP contribution in [0, 0.1) is 17.7 Å². The molecule has 35 heavy (non-hydrogen) atoms. The van der Waals surface area contributed by atoms with Gasteiger partial charge in [0.15, 0.2) is 0 Å². The van der Waals surface area contributed by atoms with E-state index in [0.717, 1.165) is 6.42 Å². The van der Waals surface area contributed by atoms with Crippen LogP contribution in [-0.2, 0) is 17.3 Å². The second-order valence-electron chi connectivity index (χ2n) is 9.59. The van der Waals surface area contributed by atoms with E-state index in [1.165, 1.54) is 11.0 Å². The highest BCUT2D eigenvalue weighted by Gasteiger charge is 2.33. The van der Waals surface area contributed by atoms with Crippen molar-refractivity contribution in [2.75, 3.05) is 18.0 Å². The molecular formula is C28H27FN2O3S. The van der Waals surface area contributed by atoms with Gasteiger partial charge < -0.3 is 9.80 Å². The largest absolute Gasteiger partial charge is 0.338 e. The minimum absolute atomic E-state index is 0.0422. The average Bonchev–Trinajstić information content (AvgIpc) is 2.93. The number of carbonyl (C=O) groups is 2. The van der Waals surface area contributed by atoms with Crippen LogP contribution in [0.25, 0.3) is 0 Å².